The smallest absolute Gasteiger partial charge is 0.335 e. The molecule has 0 aliphatic heterocycles. The van der Waals surface area contributed by atoms with Gasteiger partial charge in [-0.05, 0) is 31.5 Å². The van der Waals surface area contributed by atoms with Crippen LogP contribution in [0.4, 0.5) is 0 Å². The highest BCUT2D eigenvalue weighted by molar-refractivity contribution is 5.88. The first-order chi connectivity index (χ1) is 8.93. The van der Waals surface area contributed by atoms with Crippen LogP contribution in [-0.4, -0.2) is 35.0 Å². The Morgan fingerprint density at radius 2 is 2.05 bits per heavy atom. The minimum absolute atomic E-state index is 0.0203. The monoisotopic (exact) mass is 261 g/mol. The summed E-state index contributed by atoms with van der Waals surface area (Å²) in [6.45, 7) is 8.74. The van der Waals surface area contributed by atoms with E-state index in [9.17, 15) is 9.59 Å². The fraction of sp³-hybridized carbons (Fsp3) is 0.333. The van der Waals surface area contributed by atoms with Gasteiger partial charge in [0.25, 0.3) is 0 Å². The molecule has 0 aliphatic rings. The third kappa shape index (κ3) is 4.58. The third-order valence-corrected chi connectivity index (χ3v) is 2.72. The summed E-state index contributed by atoms with van der Waals surface area (Å²) in [6.07, 6.45) is 0.211. The minimum Gasteiger partial charge on any atom is -0.478 e. The van der Waals surface area contributed by atoms with Crippen LogP contribution in [0.5, 0.6) is 0 Å². The van der Waals surface area contributed by atoms with Crippen LogP contribution >= 0.6 is 0 Å². The van der Waals surface area contributed by atoms with Crippen molar-refractivity contribution in [2.45, 2.75) is 20.3 Å². The van der Waals surface area contributed by atoms with E-state index in [4.69, 9.17) is 5.11 Å². The average Bonchev–Trinajstić information content (AvgIpc) is 2.35. The highest BCUT2D eigenvalue weighted by atomic mass is 16.4. The molecule has 0 saturated heterocycles. The van der Waals surface area contributed by atoms with Gasteiger partial charge in [0.15, 0.2) is 0 Å². The molecule has 1 N–H and O–H groups in total. The van der Waals surface area contributed by atoms with Crippen molar-refractivity contribution in [1.29, 1.82) is 0 Å². The number of aromatic carboxylic acids is 1. The van der Waals surface area contributed by atoms with Crippen LogP contribution < -0.4 is 0 Å². The second-order valence-corrected chi connectivity index (χ2v) is 4.55. The van der Waals surface area contributed by atoms with Gasteiger partial charge < -0.3 is 10.0 Å². The Morgan fingerprint density at radius 3 is 2.58 bits per heavy atom. The van der Waals surface area contributed by atoms with Crippen LogP contribution in [0, 0.1) is 0 Å². The van der Waals surface area contributed by atoms with Crippen LogP contribution in [0.1, 0.15) is 29.8 Å². The molecule has 1 aromatic rings. The Kier molecular flexibility index (Phi) is 5.30. The summed E-state index contributed by atoms with van der Waals surface area (Å²) in [5.74, 6) is -1.00. The molecule has 0 aliphatic carbocycles. The van der Waals surface area contributed by atoms with Crippen molar-refractivity contribution in [3.8, 4) is 0 Å². The SMILES string of the molecule is C=C(C)CN(CC)C(=O)Cc1cccc(C(=O)O)c1. The number of carboxylic acid groups (broad SMARTS) is 1. The molecule has 0 aromatic heterocycles. The zero-order valence-corrected chi connectivity index (χ0v) is 11.3. The lowest BCUT2D eigenvalue weighted by molar-refractivity contribution is -0.129. The van der Waals surface area contributed by atoms with E-state index in [2.05, 4.69) is 6.58 Å². The molecule has 0 fully saturated rings. The number of likely N-dealkylation sites (N-methyl/N-ethyl adjacent to an activating group) is 1. The van der Waals surface area contributed by atoms with Crippen LogP contribution in [0.25, 0.3) is 0 Å². The summed E-state index contributed by atoms with van der Waals surface area (Å²) in [4.78, 5) is 24.7. The molecular weight excluding hydrogens is 242 g/mol. The number of hydrogen-bond donors (Lipinski definition) is 1. The Labute approximate surface area is 113 Å². The van der Waals surface area contributed by atoms with Gasteiger partial charge in [-0.3, -0.25) is 4.79 Å². The van der Waals surface area contributed by atoms with Crippen LogP contribution in [0.3, 0.4) is 0 Å². The van der Waals surface area contributed by atoms with Gasteiger partial charge >= 0.3 is 5.97 Å². The summed E-state index contributed by atoms with van der Waals surface area (Å²) in [5.41, 5.74) is 1.84. The van der Waals surface area contributed by atoms with E-state index in [-0.39, 0.29) is 17.9 Å². The standard InChI is InChI=1S/C15H19NO3/c1-4-16(10-11(2)3)14(17)9-12-6-5-7-13(8-12)15(18)19/h5-8H,2,4,9-10H2,1,3H3,(H,18,19). The van der Waals surface area contributed by atoms with E-state index in [0.29, 0.717) is 18.7 Å². The molecule has 0 bridgehead atoms. The molecule has 0 atom stereocenters. The summed E-state index contributed by atoms with van der Waals surface area (Å²) < 4.78 is 0. The number of hydrogen-bond acceptors (Lipinski definition) is 2. The van der Waals surface area contributed by atoms with E-state index in [0.717, 1.165) is 5.57 Å². The lowest BCUT2D eigenvalue weighted by atomic mass is 10.1. The normalized spacial score (nSPS) is 10.0. The Bertz CT molecular complexity index is 494. The van der Waals surface area contributed by atoms with Crippen LogP contribution in [0.2, 0.25) is 0 Å². The Balaban J connectivity index is 2.78. The van der Waals surface area contributed by atoms with E-state index < -0.39 is 5.97 Å². The lowest BCUT2D eigenvalue weighted by Crippen LogP contribution is -2.33. The van der Waals surface area contributed by atoms with Crippen molar-refractivity contribution in [2.75, 3.05) is 13.1 Å². The van der Waals surface area contributed by atoms with E-state index in [1.807, 2.05) is 13.8 Å². The zero-order chi connectivity index (χ0) is 14.4. The maximum atomic E-state index is 12.1. The lowest BCUT2D eigenvalue weighted by Gasteiger charge is -2.21. The zero-order valence-electron chi connectivity index (χ0n) is 11.3. The molecule has 4 nitrogen and oxygen atoms in total. The van der Waals surface area contributed by atoms with Crippen LogP contribution in [-0.2, 0) is 11.2 Å². The summed E-state index contributed by atoms with van der Waals surface area (Å²) >= 11 is 0. The number of carboxylic acids is 1. The summed E-state index contributed by atoms with van der Waals surface area (Å²) in [6, 6.07) is 6.47. The molecule has 1 aromatic carbocycles. The van der Waals surface area contributed by atoms with Gasteiger partial charge in [-0.2, -0.15) is 0 Å². The minimum atomic E-state index is -0.983. The van der Waals surface area contributed by atoms with E-state index in [1.165, 1.54) is 12.1 Å². The van der Waals surface area contributed by atoms with Crippen molar-refractivity contribution in [3.63, 3.8) is 0 Å². The van der Waals surface area contributed by atoms with Crippen molar-refractivity contribution in [3.05, 3.63) is 47.5 Å². The first-order valence-electron chi connectivity index (χ1n) is 6.18. The van der Waals surface area contributed by atoms with Gasteiger partial charge in [-0.25, -0.2) is 4.79 Å². The molecule has 0 spiro atoms. The number of nitrogens with zero attached hydrogens (tertiary/aromatic N) is 1. The predicted molar refractivity (Wildman–Crippen MR) is 74.2 cm³/mol. The fourth-order valence-corrected chi connectivity index (χ4v) is 1.80. The van der Waals surface area contributed by atoms with E-state index in [1.54, 1.807) is 17.0 Å². The molecule has 1 rings (SSSR count). The molecule has 4 heteroatoms. The number of benzene rings is 1. The van der Waals surface area contributed by atoms with Gasteiger partial charge in [0.2, 0.25) is 5.91 Å². The van der Waals surface area contributed by atoms with Crippen molar-refractivity contribution >= 4 is 11.9 Å². The second kappa shape index (κ2) is 6.73. The second-order valence-electron chi connectivity index (χ2n) is 4.55. The highest BCUT2D eigenvalue weighted by Gasteiger charge is 2.13. The number of carbonyl (C=O) groups is 2. The third-order valence-electron chi connectivity index (χ3n) is 2.72. The van der Waals surface area contributed by atoms with Gasteiger partial charge in [0.05, 0.1) is 12.0 Å². The van der Waals surface area contributed by atoms with E-state index >= 15 is 0 Å². The molecule has 1 amide bonds. The topological polar surface area (TPSA) is 57.6 Å². The first-order valence-corrected chi connectivity index (χ1v) is 6.18. The Morgan fingerprint density at radius 1 is 1.37 bits per heavy atom. The quantitative estimate of drug-likeness (QED) is 0.800. The van der Waals surface area contributed by atoms with Crippen molar-refractivity contribution < 1.29 is 14.7 Å². The van der Waals surface area contributed by atoms with Gasteiger partial charge in [0, 0.05) is 13.1 Å². The first kappa shape index (κ1) is 15.0. The molecule has 0 saturated carbocycles. The average molecular weight is 261 g/mol. The fourth-order valence-electron chi connectivity index (χ4n) is 1.80. The number of amides is 1. The van der Waals surface area contributed by atoms with Gasteiger partial charge in [-0.15, -0.1) is 0 Å². The predicted octanol–water partition coefficient (Wildman–Crippen LogP) is 2.35. The maximum absolute atomic E-state index is 12.1. The molecular formula is C15H19NO3. The van der Waals surface area contributed by atoms with Crippen LogP contribution in [0.15, 0.2) is 36.4 Å². The summed E-state index contributed by atoms with van der Waals surface area (Å²) in [5, 5.41) is 8.91. The molecule has 0 heterocycles. The molecule has 19 heavy (non-hydrogen) atoms. The molecule has 0 radical (unpaired) electrons. The maximum Gasteiger partial charge on any atom is 0.335 e. The molecule has 102 valence electrons. The number of carbonyl (C=O) groups excluding carboxylic acids is 1. The highest BCUT2D eigenvalue weighted by Crippen LogP contribution is 2.08. The van der Waals surface area contributed by atoms with Crippen molar-refractivity contribution in [1.82, 2.24) is 4.90 Å². The summed E-state index contributed by atoms with van der Waals surface area (Å²) in [7, 11) is 0. The Hall–Kier alpha value is -2.10. The number of rotatable bonds is 6. The largest absolute Gasteiger partial charge is 0.478 e. The van der Waals surface area contributed by atoms with Crippen molar-refractivity contribution in [2.24, 2.45) is 0 Å². The van der Waals surface area contributed by atoms with Gasteiger partial charge in [-0.1, -0.05) is 24.3 Å². The van der Waals surface area contributed by atoms with Gasteiger partial charge in [0.1, 0.15) is 0 Å². The molecule has 0 unspecified atom stereocenters.